The quantitative estimate of drug-likeness (QED) is 0.643. The van der Waals surface area contributed by atoms with Gasteiger partial charge in [-0.05, 0) is 17.5 Å². The minimum atomic E-state index is 0.0880. The zero-order valence-corrected chi connectivity index (χ0v) is 14.6. The molecule has 128 valence electrons. The summed E-state index contributed by atoms with van der Waals surface area (Å²) in [6.45, 7) is 0.575. The van der Waals surface area contributed by atoms with Gasteiger partial charge < -0.3 is 4.74 Å². The van der Waals surface area contributed by atoms with E-state index in [2.05, 4.69) is 54.6 Å². The van der Waals surface area contributed by atoms with E-state index in [9.17, 15) is 0 Å². The molecule has 0 unspecified atom stereocenters. The van der Waals surface area contributed by atoms with Gasteiger partial charge in [-0.15, -0.1) is 0 Å². The highest BCUT2D eigenvalue weighted by atomic mass is 16.5. The van der Waals surface area contributed by atoms with Crippen LogP contribution in [0.25, 0.3) is 5.76 Å². The van der Waals surface area contributed by atoms with Crippen LogP contribution in [0, 0.1) is 0 Å². The largest absolute Gasteiger partial charge is 0.491 e. The molecule has 0 N–H and O–H groups in total. The highest BCUT2D eigenvalue weighted by Crippen LogP contribution is 2.22. The van der Waals surface area contributed by atoms with Gasteiger partial charge >= 0.3 is 0 Å². The average molecular weight is 339 g/mol. The van der Waals surface area contributed by atoms with E-state index >= 15 is 0 Å². The second kappa shape index (κ2) is 7.83. The van der Waals surface area contributed by atoms with Crippen molar-refractivity contribution >= 4 is 11.5 Å². The zero-order valence-electron chi connectivity index (χ0n) is 14.6. The fourth-order valence-electron chi connectivity index (χ4n) is 3.15. The summed E-state index contributed by atoms with van der Waals surface area (Å²) in [5, 5.41) is 0. The van der Waals surface area contributed by atoms with Gasteiger partial charge in [-0.2, -0.15) is 0 Å². The summed E-state index contributed by atoms with van der Waals surface area (Å²) in [5.74, 6) is 0.878. The van der Waals surface area contributed by atoms with Crippen LogP contribution in [0.5, 0.6) is 0 Å². The maximum absolute atomic E-state index is 6.17. The van der Waals surface area contributed by atoms with Crippen molar-refractivity contribution in [3.8, 4) is 0 Å². The summed E-state index contributed by atoms with van der Waals surface area (Å²) in [5.41, 5.74) is 4.45. The molecule has 0 fully saturated rings. The molecule has 0 aliphatic carbocycles. The number of hydrogen-bond acceptors (Lipinski definition) is 2. The van der Waals surface area contributed by atoms with Crippen molar-refractivity contribution in [1.29, 1.82) is 0 Å². The van der Waals surface area contributed by atoms with E-state index in [1.54, 1.807) is 0 Å². The monoisotopic (exact) mass is 339 g/mol. The van der Waals surface area contributed by atoms with E-state index in [0.717, 1.165) is 29.0 Å². The first kappa shape index (κ1) is 16.3. The molecule has 1 atom stereocenters. The van der Waals surface area contributed by atoms with Gasteiger partial charge in [0.05, 0.1) is 11.8 Å². The topological polar surface area (TPSA) is 21.6 Å². The van der Waals surface area contributed by atoms with Crippen LogP contribution in [0.2, 0.25) is 0 Å². The molecule has 0 saturated carbocycles. The second-order valence-corrected chi connectivity index (χ2v) is 6.41. The highest BCUT2D eigenvalue weighted by molar-refractivity contribution is 6.12. The van der Waals surface area contributed by atoms with Gasteiger partial charge in [0.15, 0.2) is 0 Å². The van der Waals surface area contributed by atoms with Crippen LogP contribution in [0.4, 0.5) is 0 Å². The van der Waals surface area contributed by atoms with E-state index in [1.807, 2.05) is 42.5 Å². The third-order valence-corrected chi connectivity index (χ3v) is 4.46. The lowest BCUT2D eigenvalue weighted by Crippen LogP contribution is -2.16. The molecule has 26 heavy (non-hydrogen) atoms. The molecule has 0 saturated heterocycles. The molecule has 3 aromatic rings. The van der Waals surface area contributed by atoms with Crippen LogP contribution in [0.3, 0.4) is 0 Å². The third kappa shape index (κ3) is 3.92. The molecule has 0 spiro atoms. The standard InChI is InChI=1S/C24H21NO/c1-4-10-19(11-5-1)16-22-18-26-24(21-14-8-3-9-15-21)17-23(25-22)20-12-6-2-7-13-20/h1-15,17,22H,16,18H2/t22-/m1/s1. The fraction of sp³-hybridized carbons (Fsp3) is 0.125. The average Bonchev–Trinajstić information content (AvgIpc) is 2.93. The van der Waals surface area contributed by atoms with Crippen LogP contribution >= 0.6 is 0 Å². The number of ether oxygens (including phenoxy) is 1. The Balaban J connectivity index is 1.68. The summed E-state index contributed by atoms with van der Waals surface area (Å²) in [6.07, 6.45) is 2.93. The van der Waals surface area contributed by atoms with Gasteiger partial charge in [0, 0.05) is 11.6 Å². The minimum Gasteiger partial charge on any atom is -0.491 e. The number of rotatable bonds is 4. The first-order chi connectivity index (χ1) is 12.9. The molecule has 2 nitrogen and oxygen atoms in total. The molecular weight excluding hydrogens is 318 g/mol. The van der Waals surface area contributed by atoms with Crippen LogP contribution in [-0.2, 0) is 11.2 Å². The summed E-state index contributed by atoms with van der Waals surface area (Å²) in [6, 6.07) is 31.1. The fourth-order valence-corrected chi connectivity index (χ4v) is 3.15. The SMILES string of the molecule is C1=C(c2ccccc2)OC[C@@H](Cc2ccccc2)N=C1c1ccccc1. The molecule has 0 amide bonds. The third-order valence-electron chi connectivity index (χ3n) is 4.46. The Hall–Kier alpha value is -3.13. The number of nitrogens with zero attached hydrogens (tertiary/aromatic N) is 1. The Labute approximate surface area is 154 Å². The predicted molar refractivity (Wildman–Crippen MR) is 107 cm³/mol. The Morgan fingerprint density at radius 3 is 1.96 bits per heavy atom. The van der Waals surface area contributed by atoms with Crippen LogP contribution in [0.15, 0.2) is 102 Å². The van der Waals surface area contributed by atoms with E-state index < -0.39 is 0 Å². The summed E-state index contributed by atoms with van der Waals surface area (Å²) in [7, 11) is 0. The van der Waals surface area contributed by atoms with Crippen molar-refractivity contribution in [3.63, 3.8) is 0 Å². The smallest absolute Gasteiger partial charge is 0.128 e. The van der Waals surface area contributed by atoms with Crippen molar-refractivity contribution in [2.45, 2.75) is 12.5 Å². The summed E-state index contributed by atoms with van der Waals surface area (Å²) < 4.78 is 6.17. The zero-order chi connectivity index (χ0) is 17.6. The molecule has 1 heterocycles. The number of hydrogen-bond donors (Lipinski definition) is 0. The Kier molecular flexibility index (Phi) is 4.92. The van der Waals surface area contributed by atoms with Crippen molar-refractivity contribution in [2.75, 3.05) is 6.61 Å². The number of allylic oxidation sites excluding steroid dienone is 1. The highest BCUT2D eigenvalue weighted by Gasteiger charge is 2.17. The molecule has 0 aromatic heterocycles. The van der Waals surface area contributed by atoms with E-state index in [0.29, 0.717) is 6.61 Å². The molecule has 3 aromatic carbocycles. The lowest BCUT2D eigenvalue weighted by Gasteiger charge is -2.14. The number of benzene rings is 3. The van der Waals surface area contributed by atoms with E-state index in [1.165, 1.54) is 5.56 Å². The van der Waals surface area contributed by atoms with Gasteiger partial charge in [0.1, 0.15) is 12.4 Å². The Bertz CT molecular complexity index is 899. The Morgan fingerprint density at radius 1 is 0.731 bits per heavy atom. The van der Waals surface area contributed by atoms with Gasteiger partial charge in [-0.1, -0.05) is 91.0 Å². The van der Waals surface area contributed by atoms with Crippen molar-refractivity contribution in [2.24, 2.45) is 4.99 Å². The maximum atomic E-state index is 6.17. The Morgan fingerprint density at radius 2 is 1.31 bits per heavy atom. The summed E-state index contributed by atoms with van der Waals surface area (Å²) in [4.78, 5) is 5.03. The van der Waals surface area contributed by atoms with E-state index in [-0.39, 0.29) is 6.04 Å². The van der Waals surface area contributed by atoms with Gasteiger partial charge in [-0.3, -0.25) is 4.99 Å². The normalized spacial score (nSPS) is 16.8. The van der Waals surface area contributed by atoms with Gasteiger partial charge in [0.2, 0.25) is 0 Å². The van der Waals surface area contributed by atoms with Crippen molar-refractivity contribution < 1.29 is 4.74 Å². The maximum Gasteiger partial charge on any atom is 0.128 e. The molecular formula is C24H21NO. The van der Waals surface area contributed by atoms with Gasteiger partial charge in [0.25, 0.3) is 0 Å². The van der Waals surface area contributed by atoms with Crippen LogP contribution < -0.4 is 0 Å². The lowest BCUT2D eigenvalue weighted by atomic mass is 10.1. The predicted octanol–water partition coefficient (Wildman–Crippen LogP) is 5.16. The molecule has 1 aliphatic heterocycles. The molecule has 0 radical (unpaired) electrons. The molecule has 0 bridgehead atoms. The van der Waals surface area contributed by atoms with E-state index in [4.69, 9.17) is 9.73 Å². The van der Waals surface area contributed by atoms with Crippen LogP contribution in [-0.4, -0.2) is 18.4 Å². The van der Waals surface area contributed by atoms with Gasteiger partial charge in [-0.25, -0.2) is 0 Å². The van der Waals surface area contributed by atoms with Crippen molar-refractivity contribution in [1.82, 2.24) is 0 Å². The summed E-state index contributed by atoms with van der Waals surface area (Å²) >= 11 is 0. The number of aliphatic imine (C=N–C) groups is 1. The first-order valence-electron chi connectivity index (χ1n) is 8.95. The second-order valence-electron chi connectivity index (χ2n) is 6.41. The molecule has 2 heteroatoms. The first-order valence-corrected chi connectivity index (χ1v) is 8.95. The van der Waals surface area contributed by atoms with Crippen molar-refractivity contribution in [3.05, 3.63) is 114 Å². The van der Waals surface area contributed by atoms with Crippen LogP contribution in [0.1, 0.15) is 16.7 Å². The molecule has 1 aliphatic rings. The minimum absolute atomic E-state index is 0.0880. The molecule has 4 rings (SSSR count). The lowest BCUT2D eigenvalue weighted by molar-refractivity contribution is 0.254.